The number of hydrogen-bond acceptors (Lipinski definition) is 6. The Bertz CT molecular complexity index is 447. The van der Waals surface area contributed by atoms with E-state index >= 15 is 0 Å². The number of carbonyl (C=O) groups excluding carboxylic acids is 1. The largest absolute Gasteiger partial charge is 0.469 e. The van der Waals surface area contributed by atoms with Crippen molar-refractivity contribution >= 4 is 29.1 Å². The number of nitrogens with zero attached hydrogens (tertiary/aromatic N) is 3. The molecule has 1 aromatic heterocycles. The van der Waals surface area contributed by atoms with Crippen molar-refractivity contribution in [2.75, 3.05) is 30.8 Å². The van der Waals surface area contributed by atoms with Crippen LogP contribution < -0.4 is 10.6 Å². The first-order valence-corrected chi connectivity index (χ1v) is 6.10. The smallest absolute Gasteiger partial charge is 0.308 e. The fourth-order valence-corrected chi connectivity index (χ4v) is 2.24. The van der Waals surface area contributed by atoms with E-state index in [1.165, 1.54) is 13.4 Å². The molecule has 1 saturated heterocycles. The summed E-state index contributed by atoms with van der Waals surface area (Å²) in [5, 5.41) is 0.259. The second-order valence-corrected chi connectivity index (χ2v) is 4.54. The summed E-state index contributed by atoms with van der Waals surface area (Å²) >= 11 is 5.86. The maximum atomic E-state index is 11.4. The second-order valence-electron chi connectivity index (χ2n) is 4.19. The standard InChI is InChI=1S/C11H15ClN4O2/c1-18-11(17)7-2-4-16(5-3-7)10-8(13)9(12)14-6-15-10/h6-7H,2-5,13H2,1H3. The van der Waals surface area contributed by atoms with Crippen LogP contribution in [-0.2, 0) is 9.53 Å². The zero-order valence-electron chi connectivity index (χ0n) is 10.1. The molecule has 7 heteroatoms. The van der Waals surface area contributed by atoms with Crippen molar-refractivity contribution in [3.8, 4) is 0 Å². The monoisotopic (exact) mass is 270 g/mol. The lowest BCUT2D eigenvalue weighted by molar-refractivity contribution is -0.146. The number of nitrogens with two attached hydrogens (primary N) is 1. The number of halogens is 1. The fourth-order valence-electron chi connectivity index (χ4n) is 2.11. The fraction of sp³-hybridized carbons (Fsp3) is 0.545. The highest BCUT2D eigenvalue weighted by atomic mass is 35.5. The molecular formula is C11H15ClN4O2. The number of hydrogen-bond donors (Lipinski definition) is 1. The van der Waals surface area contributed by atoms with Gasteiger partial charge in [0.25, 0.3) is 0 Å². The molecule has 0 radical (unpaired) electrons. The molecule has 0 bridgehead atoms. The van der Waals surface area contributed by atoms with E-state index in [1.54, 1.807) is 0 Å². The molecule has 0 amide bonds. The van der Waals surface area contributed by atoms with Gasteiger partial charge in [-0.2, -0.15) is 0 Å². The minimum Gasteiger partial charge on any atom is -0.469 e. The van der Waals surface area contributed by atoms with E-state index in [2.05, 4.69) is 9.97 Å². The Morgan fingerprint density at radius 1 is 1.50 bits per heavy atom. The number of carbonyl (C=O) groups is 1. The molecule has 2 N–H and O–H groups in total. The average Bonchev–Trinajstić information content (AvgIpc) is 2.41. The maximum absolute atomic E-state index is 11.4. The van der Waals surface area contributed by atoms with Gasteiger partial charge in [-0.05, 0) is 12.8 Å². The molecule has 2 rings (SSSR count). The molecule has 0 unspecified atom stereocenters. The average molecular weight is 271 g/mol. The van der Waals surface area contributed by atoms with Crippen LogP contribution in [0.4, 0.5) is 11.5 Å². The van der Waals surface area contributed by atoms with Gasteiger partial charge in [-0.3, -0.25) is 4.79 Å². The molecule has 1 aliphatic heterocycles. The molecule has 1 aliphatic rings. The van der Waals surface area contributed by atoms with Gasteiger partial charge in [0.2, 0.25) is 0 Å². The molecule has 2 heterocycles. The van der Waals surface area contributed by atoms with E-state index < -0.39 is 0 Å². The summed E-state index contributed by atoms with van der Waals surface area (Å²) in [6.07, 6.45) is 2.85. The molecule has 0 aromatic carbocycles. The van der Waals surface area contributed by atoms with Gasteiger partial charge in [-0.25, -0.2) is 9.97 Å². The van der Waals surface area contributed by atoms with Gasteiger partial charge < -0.3 is 15.4 Å². The van der Waals surface area contributed by atoms with Crippen LogP contribution in [0.2, 0.25) is 5.15 Å². The van der Waals surface area contributed by atoms with Gasteiger partial charge in [0.1, 0.15) is 12.0 Å². The van der Waals surface area contributed by atoms with E-state index in [9.17, 15) is 4.79 Å². The van der Waals surface area contributed by atoms with Crippen LogP contribution in [0.15, 0.2) is 6.33 Å². The molecule has 1 aromatic rings. The van der Waals surface area contributed by atoms with E-state index in [-0.39, 0.29) is 17.0 Å². The number of esters is 1. The number of piperidine rings is 1. The van der Waals surface area contributed by atoms with Crippen LogP contribution in [0, 0.1) is 5.92 Å². The van der Waals surface area contributed by atoms with Gasteiger partial charge in [0, 0.05) is 13.1 Å². The van der Waals surface area contributed by atoms with Crippen molar-refractivity contribution in [1.29, 1.82) is 0 Å². The van der Waals surface area contributed by atoms with Crippen LogP contribution in [0.5, 0.6) is 0 Å². The van der Waals surface area contributed by atoms with Crippen LogP contribution in [0.3, 0.4) is 0 Å². The highest BCUT2D eigenvalue weighted by Gasteiger charge is 2.27. The molecule has 1 fully saturated rings. The summed E-state index contributed by atoms with van der Waals surface area (Å²) in [5.41, 5.74) is 6.23. The first-order chi connectivity index (χ1) is 8.63. The third-order valence-corrected chi connectivity index (χ3v) is 3.44. The van der Waals surface area contributed by atoms with Gasteiger partial charge in [0.15, 0.2) is 11.0 Å². The van der Waals surface area contributed by atoms with Gasteiger partial charge in [0.05, 0.1) is 13.0 Å². The quantitative estimate of drug-likeness (QED) is 0.640. The Balaban J connectivity index is 2.06. The molecule has 0 saturated carbocycles. The number of nitrogen functional groups attached to an aromatic ring is 1. The van der Waals surface area contributed by atoms with Crippen molar-refractivity contribution in [3.05, 3.63) is 11.5 Å². The summed E-state index contributed by atoms with van der Waals surface area (Å²) in [4.78, 5) is 21.4. The van der Waals surface area contributed by atoms with Crippen molar-refractivity contribution in [3.63, 3.8) is 0 Å². The zero-order valence-corrected chi connectivity index (χ0v) is 10.9. The van der Waals surface area contributed by atoms with Crippen molar-refractivity contribution in [2.45, 2.75) is 12.8 Å². The third kappa shape index (κ3) is 2.48. The Morgan fingerprint density at radius 3 is 2.78 bits per heavy atom. The summed E-state index contributed by atoms with van der Waals surface area (Å²) in [6.45, 7) is 1.41. The normalized spacial score (nSPS) is 16.7. The molecule has 0 atom stereocenters. The van der Waals surface area contributed by atoms with E-state index in [4.69, 9.17) is 22.1 Å². The van der Waals surface area contributed by atoms with Crippen LogP contribution in [-0.4, -0.2) is 36.1 Å². The van der Waals surface area contributed by atoms with Crippen molar-refractivity contribution < 1.29 is 9.53 Å². The predicted molar refractivity (Wildman–Crippen MR) is 68.4 cm³/mol. The second kappa shape index (κ2) is 5.39. The van der Waals surface area contributed by atoms with Crippen LogP contribution in [0.1, 0.15) is 12.8 Å². The lowest BCUT2D eigenvalue weighted by Crippen LogP contribution is -2.37. The molecule has 18 heavy (non-hydrogen) atoms. The Morgan fingerprint density at radius 2 is 2.17 bits per heavy atom. The first-order valence-electron chi connectivity index (χ1n) is 5.72. The third-order valence-electron chi connectivity index (χ3n) is 3.14. The number of aromatic nitrogens is 2. The van der Waals surface area contributed by atoms with Gasteiger partial charge in [-0.1, -0.05) is 11.6 Å². The molecular weight excluding hydrogens is 256 g/mol. The molecule has 0 spiro atoms. The SMILES string of the molecule is COC(=O)C1CCN(c2ncnc(Cl)c2N)CC1. The lowest BCUT2D eigenvalue weighted by Gasteiger charge is -2.32. The summed E-state index contributed by atoms with van der Waals surface area (Å²) in [6, 6.07) is 0. The van der Waals surface area contributed by atoms with Crippen molar-refractivity contribution in [1.82, 2.24) is 9.97 Å². The van der Waals surface area contributed by atoms with Crippen molar-refractivity contribution in [2.24, 2.45) is 5.92 Å². The van der Waals surface area contributed by atoms with E-state index in [1.807, 2.05) is 4.90 Å². The number of rotatable bonds is 2. The topological polar surface area (TPSA) is 81.3 Å². The molecule has 0 aliphatic carbocycles. The number of anilines is 2. The minimum atomic E-state index is -0.150. The summed E-state index contributed by atoms with van der Waals surface area (Å²) in [5.74, 6) is 0.450. The van der Waals surface area contributed by atoms with Crippen LogP contribution in [0.25, 0.3) is 0 Å². The van der Waals surface area contributed by atoms with E-state index in [0.717, 1.165) is 12.8 Å². The number of methoxy groups -OCH3 is 1. The number of ether oxygens (including phenoxy) is 1. The van der Waals surface area contributed by atoms with Gasteiger partial charge >= 0.3 is 5.97 Å². The molecule has 98 valence electrons. The highest BCUT2D eigenvalue weighted by molar-refractivity contribution is 6.32. The summed E-state index contributed by atoms with van der Waals surface area (Å²) in [7, 11) is 1.41. The summed E-state index contributed by atoms with van der Waals surface area (Å²) < 4.78 is 4.74. The lowest BCUT2D eigenvalue weighted by atomic mass is 9.97. The zero-order chi connectivity index (χ0) is 13.1. The van der Waals surface area contributed by atoms with Gasteiger partial charge in [-0.15, -0.1) is 0 Å². The highest BCUT2D eigenvalue weighted by Crippen LogP contribution is 2.29. The minimum absolute atomic E-state index is 0.0372. The predicted octanol–water partition coefficient (Wildman–Crippen LogP) is 1.10. The van der Waals surface area contributed by atoms with E-state index in [0.29, 0.717) is 24.6 Å². The van der Waals surface area contributed by atoms with Crippen LogP contribution >= 0.6 is 11.6 Å². The maximum Gasteiger partial charge on any atom is 0.308 e. The Kier molecular flexibility index (Phi) is 3.86. The Hall–Kier alpha value is -1.56. The first kappa shape index (κ1) is 12.9. The molecule has 6 nitrogen and oxygen atoms in total. The Labute approximate surface area is 110 Å².